The van der Waals surface area contributed by atoms with E-state index in [0.29, 0.717) is 12.0 Å². The molecule has 0 aliphatic rings. The van der Waals surface area contributed by atoms with E-state index in [4.69, 9.17) is 4.52 Å². The highest BCUT2D eigenvalue weighted by Gasteiger charge is 2.11. The van der Waals surface area contributed by atoms with E-state index in [1.54, 1.807) is 0 Å². The molecular formula is C12H23N3O. The van der Waals surface area contributed by atoms with Crippen LogP contribution in [0.5, 0.6) is 0 Å². The molecule has 1 N–H and O–H groups in total. The normalized spacial score (nSPS) is 13.3. The van der Waals surface area contributed by atoms with Crippen LogP contribution < -0.4 is 5.32 Å². The smallest absolute Gasteiger partial charge is 0.226 e. The van der Waals surface area contributed by atoms with Gasteiger partial charge in [-0.25, -0.2) is 0 Å². The molecule has 1 unspecified atom stereocenters. The largest absolute Gasteiger partial charge is 0.339 e. The highest BCUT2D eigenvalue weighted by Crippen LogP contribution is 2.14. The van der Waals surface area contributed by atoms with Crippen LogP contribution in [0.4, 0.5) is 0 Å². The number of hydrogen-bond donors (Lipinski definition) is 1. The molecule has 1 heterocycles. The van der Waals surface area contributed by atoms with Gasteiger partial charge in [-0.1, -0.05) is 32.9 Å². The molecule has 4 heteroatoms. The Labute approximate surface area is 97.8 Å². The minimum Gasteiger partial charge on any atom is -0.339 e. The summed E-state index contributed by atoms with van der Waals surface area (Å²) in [5, 5.41) is 7.36. The van der Waals surface area contributed by atoms with Crippen LogP contribution in [0.15, 0.2) is 4.52 Å². The van der Waals surface area contributed by atoms with Gasteiger partial charge < -0.3 is 9.84 Å². The Hall–Kier alpha value is -0.900. The second-order valence-corrected chi connectivity index (χ2v) is 4.57. The molecule has 0 aliphatic carbocycles. The maximum Gasteiger partial charge on any atom is 0.226 e. The third kappa shape index (κ3) is 4.31. The lowest BCUT2D eigenvalue weighted by Gasteiger charge is -2.05. The van der Waals surface area contributed by atoms with Gasteiger partial charge in [0.25, 0.3) is 0 Å². The van der Waals surface area contributed by atoms with Gasteiger partial charge in [-0.2, -0.15) is 4.98 Å². The summed E-state index contributed by atoms with van der Waals surface area (Å²) in [6, 6.07) is 0.540. The third-order valence-corrected chi connectivity index (χ3v) is 2.66. The maximum atomic E-state index is 5.21. The predicted octanol–water partition coefficient (Wildman–Crippen LogP) is 2.51. The zero-order chi connectivity index (χ0) is 12.0. The topological polar surface area (TPSA) is 51.0 Å². The average molecular weight is 225 g/mol. The van der Waals surface area contributed by atoms with Gasteiger partial charge in [0.2, 0.25) is 5.89 Å². The molecular weight excluding hydrogens is 202 g/mol. The lowest BCUT2D eigenvalue weighted by atomic mass is 10.1. The standard InChI is InChI=1S/C12H23N3O/c1-5-10(4)12-14-11(16-15-12)7-6-8-13-9(2)3/h9-10,13H,5-8H2,1-4H3. The van der Waals surface area contributed by atoms with Crippen molar-refractivity contribution in [3.8, 4) is 0 Å². The van der Waals surface area contributed by atoms with E-state index < -0.39 is 0 Å². The van der Waals surface area contributed by atoms with E-state index in [2.05, 4.69) is 43.2 Å². The predicted molar refractivity (Wildman–Crippen MR) is 64.5 cm³/mol. The SMILES string of the molecule is CCC(C)c1noc(CCCNC(C)C)n1. The first-order valence-corrected chi connectivity index (χ1v) is 6.19. The van der Waals surface area contributed by atoms with Crippen LogP contribution >= 0.6 is 0 Å². The molecule has 0 spiro atoms. The van der Waals surface area contributed by atoms with Crippen LogP contribution in [0.2, 0.25) is 0 Å². The molecule has 0 fully saturated rings. The molecule has 0 amide bonds. The molecule has 0 saturated carbocycles. The molecule has 4 nitrogen and oxygen atoms in total. The van der Waals surface area contributed by atoms with Crippen LogP contribution in [0, 0.1) is 0 Å². The Balaban J connectivity index is 2.29. The van der Waals surface area contributed by atoms with Gasteiger partial charge >= 0.3 is 0 Å². The Morgan fingerprint density at radius 2 is 2.06 bits per heavy atom. The van der Waals surface area contributed by atoms with Crippen molar-refractivity contribution in [2.24, 2.45) is 0 Å². The second kappa shape index (κ2) is 6.63. The summed E-state index contributed by atoms with van der Waals surface area (Å²) in [5.74, 6) is 2.00. The zero-order valence-electron chi connectivity index (χ0n) is 10.8. The van der Waals surface area contributed by atoms with Gasteiger partial charge in [-0.3, -0.25) is 0 Å². The Bertz CT molecular complexity index is 296. The van der Waals surface area contributed by atoms with Gasteiger partial charge in [0, 0.05) is 18.4 Å². The van der Waals surface area contributed by atoms with E-state index in [9.17, 15) is 0 Å². The Morgan fingerprint density at radius 1 is 1.31 bits per heavy atom. The van der Waals surface area contributed by atoms with E-state index in [-0.39, 0.29) is 0 Å². The molecule has 0 saturated heterocycles. The fourth-order valence-electron chi connectivity index (χ4n) is 1.38. The summed E-state index contributed by atoms with van der Waals surface area (Å²) < 4.78 is 5.21. The Kier molecular flexibility index (Phi) is 5.46. The number of aryl methyl sites for hydroxylation is 1. The first-order valence-electron chi connectivity index (χ1n) is 6.19. The summed E-state index contributed by atoms with van der Waals surface area (Å²) >= 11 is 0. The van der Waals surface area contributed by atoms with Crippen molar-refractivity contribution in [1.29, 1.82) is 0 Å². The van der Waals surface area contributed by atoms with Crippen molar-refractivity contribution in [2.45, 2.75) is 58.9 Å². The highest BCUT2D eigenvalue weighted by atomic mass is 16.5. The molecule has 16 heavy (non-hydrogen) atoms. The first-order chi connectivity index (χ1) is 7.63. The minimum atomic E-state index is 0.395. The third-order valence-electron chi connectivity index (χ3n) is 2.66. The Morgan fingerprint density at radius 3 is 2.69 bits per heavy atom. The van der Waals surface area contributed by atoms with Crippen LogP contribution in [-0.2, 0) is 6.42 Å². The van der Waals surface area contributed by atoms with Gasteiger partial charge in [-0.05, 0) is 19.4 Å². The fraction of sp³-hybridized carbons (Fsp3) is 0.833. The van der Waals surface area contributed by atoms with Crippen molar-refractivity contribution in [2.75, 3.05) is 6.54 Å². The lowest BCUT2D eigenvalue weighted by molar-refractivity contribution is 0.365. The molecule has 0 bridgehead atoms. The molecule has 1 aromatic rings. The molecule has 0 radical (unpaired) electrons. The van der Waals surface area contributed by atoms with Crippen molar-refractivity contribution in [3.05, 3.63) is 11.7 Å². The van der Waals surface area contributed by atoms with E-state index in [1.807, 2.05) is 0 Å². The van der Waals surface area contributed by atoms with Crippen LogP contribution in [0.3, 0.4) is 0 Å². The van der Waals surface area contributed by atoms with Crippen molar-refractivity contribution >= 4 is 0 Å². The molecule has 0 aromatic carbocycles. The number of nitrogens with zero attached hydrogens (tertiary/aromatic N) is 2. The van der Waals surface area contributed by atoms with Crippen molar-refractivity contribution in [3.63, 3.8) is 0 Å². The van der Waals surface area contributed by atoms with Crippen molar-refractivity contribution < 1.29 is 4.52 Å². The van der Waals surface area contributed by atoms with E-state index in [1.165, 1.54) is 0 Å². The number of nitrogens with one attached hydrogen (secondary N) is 1. The zero-order valence-corrected chi connectivity index (χ0v) is 10.8. The summed E-state index contributed by atoms with van der Waals surface area (Å²) in [6.07, 6.45) is 2.96. The first kappa shape index (κ1) is 13.2. The van der Waals surface area contributed by atoms with Crippen molar-refractivity contribution in [1.82, 2.24) is 15.5 Å². The number of rotatable bonds is 7. The van der Waals surface area contributed by atoms with Gasteiger partial charge in [0.1, 0.15) is 0 Å². The second-order valence-electron chi connectivity index (χ2n) is 4.57. The number of aromatic nitrogens is 2. The molecule has 1 aromatic heterocycles. The monoisotopic (exact) mass is 225 g/mol. The molecule has 92 valence electrons. The van der Waals surface area contributed by atoms with Gasteiger partial charge in [0.05, 0.1) is 0 Å². The van der Waals surface area contributed by atoms with Gasteiger partial charge in [0.15, 0.2) is 5.82 Å². The molecule has 1 atom stereocenters. The van der Waals surface area contributed by atoms with Crippen LogP contribution in [0.25, 0.3) is 0 Å². The van der Waals surface area contributed by atoms with Gasteiger partial charge in [-0.15, -0.1) is 0 Å². The summed E-state index contributed by atoms with van der Waals surface area (Å²) in [5.41, 5.74) is 0. The summed E-state index contributed by atoms with van der Waals surface area (Å²) in [7, 11) is 0. The quantitative estimate of drug-likeness (QED) is 0.724. The summed E-state index contributed by atoms with van der Waals surface area (Å²) in [6.45, 7) is 9.54. The number of hydrogen-bond acceptors (Lipinski definition) is 4. The maximum absolute atomic E-state index is 5.21. The van der Waals surface area contributed by atoms with Crippen LogP contribution in [-0.4, -0.2) is 22.7 Å². The minimum absolute atomic E-state index is 0.395. The fourth-order valence-corrected chi connectivity index (χ4v) is 1.38. The average Bonchev–Trinajstić information content (AvgIpc) is 2.71. The van der Waals surface area contributed by atoms with E-state index in [0.717, 1.165) is 37.5 Å². The van der Waals surface area contributed by atoms with E-state index >= 15 is 0 Å². The van der Waals surface area contributed by atoms with Crippen LogP contribution in [0.1, 0.15) is 58.2 Å². The highest BCUT2D eigenvalue weighted by molar-refractivity contribution is 4.93. The molecule has 1 rings (SSSR count). The molecule has 0 aliphatic heterocycles. The lowest BCUT2D eigenvalue weighted by Crippen LogP contribution is -2.23. The summed E-state index contributed by atoms with van der Waals surface area (Å²) in [4.78, 5) is 4.39.